The summed E-state index contributed by atoms with van der Waals surface area (Å²) in [5, 5.41) is 10.1. The van der Waals surface area contributed by atoms with E-state index in [0.29, 0.717) is 13.1 Å². The fraction of sp³-hybridized carbons (Fsp3) is 0.500. The molecule has 1 aliphatic heterocycles. The number of rotatable bonds is 5. The van der Waals surface area contributed by atoms with E-state index in [1.165, 1.54) is 11.8 Å². The van der Waals surface area contributed by atoms with Gasteiger partial charge in [-0.05, 0) is 12.0 Å². The van der Waals surface area contributed by atoms with Crippen LogP contribution in [0.3, 0.4) is 0 Å². The van der Waals surface area contributed by atoms with E-state index in [9.17, 15) is 9.90 Å². The molecule has 0 radical (unpaired) electrons. The monoisotopic (exact) mass is 265 g/mol. The molecule has 1 aliphatic rings. The number of carbonyl (C=O) groups is 1. The average molecular weight is 265 g/mol. The number of carbonyl (C=O) groups excluding carboxylic acids is 1. The first kappa shape index (κ1) is 13.4. The summed E-state index contributed by atoms with van der Waals surface area (Å²) in [7, 11) is 0. The Balaban J connectivity index is 1.93. The summed E-state index contributed by atoms with van der Waals surface area (Å²) in [5.41, 5.74) is 1.14. The zero-order valence-electron chi connectivity index (χ0n) is 10.6. The number of hydrogen-bond acceptors (Lipinski definition) is 3. The molecular formula is C14H19NO2S. The third-order valence-electron chi connectivity index (χ3n) is 3.14. The smallest absolute Gasteiger partial charge is 0.282 e. The Kier molecular flexibility index (Phi) is 4.66. The van der Waals surface area contributed by atoms with Crippen molar-refractivity contribution >= 4 is 17.0 Å². The van der Waals surface area contributed by atoms with Crippen molar-refractivity contribution in [1.82, 2.24) is 4.90 Å². The van der Waals surface area contributed by atoms with Crippen LogP contribution in [0, 0.1) is 0 Å². The number of benzene rings is 1. The van der Waals surface area contributed by atoms with Gasteiger partial charge in [0.15, 0.2) is 0 Å². The minimum absolute atomic E-state index is 0.0289. The van der Waals surface area contributed by atoms with Crippen LogP contribution >= 0.6 is 11.8 Å². The highest BCUT2D eigenvalue weighted by atomic mass is 32.2. The van der Waals surface area contributed by atoms with Gasteiger partial charge in [0.05, 0.1) is 11.4 Å². The second-order valence-corrected chi connectivity index (χ2v) is 5.83. The molecule has 1 N–H and O–H groups in total. The predicted octanol–water partition coefficient (Wildman–Crippen LogP) is 2.89. The van der Waals surface area contributed by atoms with Crippen molar-refractivity contribution in [3.63, 3.8) is 0 Å². The lowest BCUT2D eigenvalue weighted by atomic mass is 10.1. The van der Waals surface area contributed by atoms with E-state index in [4.69, 9.17) is 0 Å². The van der Waals surface area contributed by atoms with Gasteiger partial charge < -0.3 is 10.0 Å². The minimum atomic E-state index is -0.371. The number of hydrogen-bond donors (Lipinski definition) is 1. The summed E-state index contributed by atoms with van der Waals surface area (Å²) >= 11 is 1.28. The Hall–Kier alpha value is -1.000. The lowest BCUT2D eigenvalue weighted by molar-refractivity contribution is 0.150. The van der Waals surface area contributed by atoms with E-state index in [2.05, 4.69) is 0 Å². The summed E-state index contributed by atoms with van der Waals surface area (Å²) in [6.07, 6.45) is 1.35. The molecule has 2 rings (SSSR count). The standard InChI is InChI=1S/C14H19NO2S/c1-2-6-12(16)13-10-15(14(17)18-13)9-11-7-4-3-5-8-11/h3-5,7-8,12-13,16H,2,6,9-10H2,1H3/t12-,13-/m0/s1. The average Bonchev–Trinajstić information content (AvgIpc) is 2.73. The fourth-order valence-electron chi connectivity index (χ4n) is 2.15. The molecule has 3 nitrogen and oxygen atoms in total. The van der Waals surface area contributed by atoms with Crippen LogP contribution in [0.2, 0.25) is 0 Å². The first-order valence-electron chi connectivity index (χ1n) is 6.38. The molecule has 2 atom stereocenters. The maximum Gasteiger partial charge on any atom is 0.282 e. The molecule has 0 aliphatic carbocycles. The molecule has 1 amide bonds. The number of amides is 1. The Morgan fingerprint density at radius 3 is 2.83 bits per heavy atom. The van der Waals surface area contributed by atoms with Crippen molar-refractivity contribution in [2.24, 2.45) is 0 Å². The predicted molar refractivity (Wildman–Crippen MR) is 74.5 cm³/mol. The zero-order valence-corrected chi connectivity index (χ0v) is 11.4. The van der Waals surface area contributed by atoms with Crippen molar-refractivity contribution in [2.75, 3.05) is 6.54 Å². The highest BCUT2D eigenvalue weighted by Gasteiger charge is 2.34. The number of nitrogens with zero attached hydrogens (tertiary/aromatic N) is 1. The molecular weight excluding hydrogens is 246 g/mol. The van der Waals surface area contributed by atoms with Crippen LogP contribution in [0.15, 0.2) is 30.3 Å². The Morgan fingerprint density at radius 2 is 2.17 bits per heavy atom. The minimum Gasteiger partial charge on any atom is -0.392 e. The van der Waals surface area contributed by atoms with Crippen molar-refractivity contribution in [3.8, 4) is 0 Å². The molecule has 18 heavy (non-hydrogen) atoms. The Bertz CT molecular complexity index is 396. The van der Waals surface area contributed by atoms with Gasteiger partial charge in [-0.15, -0.1) is 0 Å². The molecule has 1 aromatic carbocycles. The number of aliphatic hydroxyl groups excluding tert-OH is 1. The first-order chi connectivity index (χ1) is 8.70. The van der Waals surface area contributed by atoms with E-state index < -0.39 is 0 Å². The molecule has 1 aromatic rings. The maximum atomic E-state index is 11.9. The largest absolute Gasteiger partial charge is 0.392 e. The van der Waals surface area contributed by atoms with Crippen LogP contribution in [0.4, 0.5) is 4.79 Å². The fourth-order valence-corrected chi connectivity index (χ4v) is 3.24. The molecule has 1 saturated heterocycles. The molecule has 0 aromatic heterocycles. The normalized spacial score (nSPS) is 21.3. The molecule has 1 fully saturated rings. The van der Waals surface area contributed by atoms with E-state index in [1.54, 1.807) is 0 Å². The van der Waals surface area contributed by atoms with Crippen LogP contribution in [0.1, 0.15) is 25.3 Å². The topological polar surface area (TPSA) is 40.5 Å². The van der Waals surface area contributed by atoms with E-state index in [1.807, 2.05) is 42.2 Å². The van der Waals surface area contributed by atoms with Crippen LogP contribution in [-0.4, -0.2) is 33.1 Å². The van der Waals surface area contributed by atoms with Crippen LogP contribution < -0.4 is 0 Å². The van der Waals surface area contributed by atoms with E-state index in [-0.39, 0.29) is 16.6 Å². The maximum absolute atomic E-state index is 11.9. The second-order valence-electron chi connectivity index (χ2n) is 4.64. The van der Waals surface area contributed by atoms with Gasteiger partial charge in [-0.2, -0.15) is 0 Å². The van der Waals surface area contributed by atoms with Crippen LogP contribution in [-0.2, 0) is 6.54 Å². The van der Waals surface area contributed by atoms with E-state index >= 15 is 0 Å². The molecule has 0 unspecified atom stereocenters. The highest BCUT2D eigenvalue weighted by molar-refractivity contribution is 8.14. The summed E-state index contributed by atoms with van der Waals surface area (Å²) in [6, 6.07) is 9.97. The molecule has 1 heterocycles. The van der Waals surface area contributed by atoms with Crippen LogP contribution in [0.25, 0.3) is 0 Å². The van der Waals surface area contributed by atoms with Crippen molar-refractivity contribution in [1.29, 1.82) is 0 Å². The molecule has 98 valence electrons. The van der Waals surface area contributed by atoms with E-state index in [0.717, 1.165) is 18.4 Å². The molecule has 0 spiro atoms. The third-order valence-corrected chi connectivity index (χ3v) is 4.37. The summed E-state index contributed by atoms with van der Waals surface area (Å²) < 4.78 is 0. The number of thioether (sulfide) groups is 1. The van der Waals surface area contributed by atoms with Gasteiger partial charge in [-0.1, -0.05) is 55.4 Å². The third kappa shape index (κ3) is 3.27. The molecule has 0 saturated carbocycles. The molecule has 0 bridgehead atoms. The zero-order chi connectivity index (χ0) is 13.0. The summed E-state index contributed by atoms with van der Waals surface area (Å²) in [4.78, 5) is 13.7. The Morgan fingerprint density at radius 1 is 1.44 bits per heavy atom. The number of aliphatic hydroxyl groups is 1. The quantitative estimate of drug-likeness (QED) is 0.890. The first-order valence-corrected chi connectivity index (χ1v) is 7.26. The van der Waals surface area contributed by atoms with Crippen molar-refractivity contribution in [3.05, 3.63) is 35.9 Å². The van der Waals surface area contributed by atoms with Crippen molar-refractivity contribution in [2.45, 2.75) is 37.7 Å². The van der Waals surface area contributed by atoms with Gasteiger partial charge in [-0.25, -0.2) is 0 Å². The SMILES string of the molecule is CCC[C@H](O)[C@@H]1CN(Cc2ccccc2)C(=O)S1. The lowest BCUT2D eigenvalue weighted by Gasteiger charge is -2.18. The summed E-state index contributed by atoms with van der Waals surface area (Å²) in [5.74, 6) is 0. The summed E-state index contributed by atoms with van der Waals surface area (Å²) in [6.45, 7) is 3.34. The van der Waals surface area contributed by atoms with Gasteiger partial charge in [0.1, 0.15) is 0 Å². The Labute approximate surface area is 112 Å². The van der Waals surface area contributed by atoms with Gasteiger partial charge in [0.25, 0.3) is 5.24 Å². The highest BCUT2D eigenvalue weighted by Crippen LogP contribution is 2.30. The second kappa shape index (κ2) is 6.25. The lowest BCUT2D eigenvalue weighted by Crippen LogP contribution is -2.29. The van der Waals surface area contributed by atoms with Crippen LogP contribution in [0.5, 0.6) is 0 Å². The van der Waals surface area contributed by atoms with Gasteiger partial charge in [0.2, 0.25) is 0 Å². The molecule has 4 heteroatoms. The van der Waals surface area contributed by atoms with Gasteiger partial charge in [0, 0.05) is 13.1 Å². The van der Waals surface area contributed by atoms with Gasteiger partial charge >= 0.3 is 0 Å². The van der Waals surface area contributed by atoms with Gasteiger partial charge in [-0.3, -0.25) is 4.79 Å². The van der Waals surface area contributed by atoms with Crippen molar-refractivity contribution < 1.29 is 9.90 Å².